The van der Waals surface area contributed by atoms with Crippen molar-refractivity contribution in [1.82, 2.24) is 10.7 Å². The van der Waals surface area contributed by atoms with E-state index in [9.17, 15) is 18.8 Å². The molecule has 0 aliphatic carbocycles. The average Bonchev–Trinajstić information content (AvgIpc) is 2.85. The van der Waals surface area contributed by atoms with Crippen molar-refractivity contribution in [3.8, 4) is 11.5 Å². The Labute approximate surface area is 209 Å². The number of carbonyl (C=O) groups is 3. The van der Waals surface area contributed by atoms with Gasteiger partial charge in [0.25, 0.3) is 11.8 Å². The van der Waals surface area contributed by atoms with Crippen LogP contribution in [0, 0.1) is 5.82 Å². The maximum absolute atomic E-state index is 12.9. The monoisotopic (exact) mass is 541 g/mol. The number of nitrogens with zero attached hydrogens (tertiary/aromatic N) is 1. The molecule has 10 heteroatoms. The largest absolute Gasteiger partial charge is 0.494 e. The van der Waals surface area contributed by atoms with E-state index in [1.165, 1.54) is 18.3 Å². The smallest absolute Gasteiger partial charge is 0.343 e. The zero-order chi connectivity index (χ0) is 25.2. The second-order valence-electron chi connectivity index (χ2n) is 7.01. The summed E-state index contributed by atoms with van der Waals surface area (Å²) in [6.45, 7) is 2.04. The molecule has 0 heterocycles. The summed E-state index contributed by atoms with van der Waals surface area (Å²) in [7, 11) is 0. The summed E-state index contributed by atoms with van der Waals surface area (Å²) < 4.78 is 24.5. The Kier molecular flexibility index (Phi) is 9.08. The van der Waals surface area contributed by atoms with Crippen molar-refractivity contribution in [2.75, 3.05) is 13.2 Å². The highest BCUT2D eigenvalue weighted by Gasteiger charge is 2.12. The van der Waals surface area contributed by atoms with Crippen molar-refractivity contribution < 1.29 is 28.2 Å². The number of hydrogen-bond donors (Lipinski definition) is 2. The highest BCUT2D eigenvalue weighted by molar-refractivity contribution is 9.10. The fourth-order valence-electron chi connectivity index (χ4n) is 2.80. The van der Waals surface area contributed by atoms with Gasteiger partial charge in [0.2, 0.25) is 0 Å². The van der Waals surface area contributed by atoms with Crippen LogP contribution in [0.5, 0.6) is 11.5 Å². The molecule has 3 aromatic rings. The first kappa shape index (κ1) is 25.6. The first-order valence-electron chi connectivity index (χ1n) is 10.5. The molecule has 180 valence electrons. The SMILES string of the molecule is CCOc1ccc(C(=O)Oc2ccc(Br)cc2/C=N\NC(=O)CNC(=O)c2ccc(F)cc2)cc1. The van der Waals surface area contributed by atoms with Crippen LogP contribution in [0.3, 0.4) is 0 Å². The fraction of sp³-hybridized carbons (Fsp3) is 0.120. The molecular formula is C25H21BrFN3O5. The number of ether oxygens (including phenoxy) is 2. The van der Waals surface area contributed by atoms with Gasteiger partial charge in [0, 0.05) is 15.6 Å². The standard InChI is InChI=1S/C25H21BrFN3O5/c1-2-34-21-10-5-17(6-11-21)25(33)35-22-12-7-19(26)13-18(22)14-29-30-23(31)15-28-24(32)16-3-8-20(27)9-4-16/h3-14H,2,15H2,1H3,(H,28,32)(H,30,31)/b29-14-. The van der Waals surface area contributed by atoms with Crippen molar-refractivity contribution in [3.05, 3.63) is 93.7 Å². The molecule has 0 atom stereocenters. The summed E-state index contributed by atoms with van der Waals surface area (Å²) in [5.41, 5.74) is 3.26. The van der Waals surface area contributed by atoms with Crippen LogP contribution in [0.1, 0.15) is 33.2 Å². The molecule has 0 aliphatic rings. The van der Waals surface area contributed by atoms with E-state index >= 15 is 0 Å². The van der Waals surface area contributed by atoms with Gasteiger partial charge in [0.1, 0.15) is 17.3 Å². The van der Waals surface area contributed by atoms with Crippen LogP contribution in [0.15, 0.2) is 76.3 Å². The molecule has 0 radical (unpaired) electrons. The third-order valence-corrected chi connectivity index (χ3v) is 4.98. The Morgan fingerprint density at radius 3 is 2.37 bits per heavy atom. The lowest BCUT2D eigenvalue weighted by molar-refractivity contribution is -0.120. The van der Waals surface area contributed by atoms with Gasteiger partial charge in [-0.05, 0) is 73.7 Å². The number of esters is 1. The minimum atomic E-state index is -0.584. The predicted molar refractivity (Wildman–Crippen MR) is 131 cm³/mol. The molecule has 0 saturated carbocycles. The number of hydrogen-bond acceptors (Lipinski definition) is 6. The lowest BCUT2D eigenvalue weighted by Gasteiger charge is -2.09. The van der Waals surface area contributed by atoms with Gasteiger partial charge in [-0.1, -0.05) is 15.9 Å². The Morgan fingerprint density at radius 2 is 1.69 bits per heavy atom. The maximum Gasteiger partial charge on any atom is 0.343 e. The van der Waals surface area contributed by atoms with Crippen LogP contribution in [0.4, 0.5) is 4.39 Å². The van der Waals surface area contributed by atoms with E-state index in [0.29, 0.717) is 28.0 Å². The number of hydrazone groups is 1. The molecule has 3 aromatic carbocycles. The van der Waals surface area contributed by atoms with E-state index < -0.39 is 23.6 Å². The van der Waals surface area contributed by atoms with Crippen LogP contribution >= 0.6 is 15.9 Å². The molecule has 0 fully saturated rings. The predicted octanol–water partition coefficient (Wildman–Crippen LogP) is 4.09. The van der Waals surface area contributed by atoms with E-state index in [2.05, 4.69) is 31.8 Å². The molecule has 0 aromatic heterocycles. The van der Waals surface area contributed by atoms with E-state index in [4.69, 9.17) is 9.47 Å². The highest BCUT2D eigenvalue weighted by Crippen LogP contribution is 2.23. The lowest BCUT2D eigenvalue weighted by atomic mass is 10.2. The zero-order valence-corrected chi connectivity index (χ0v) is 20.2. The number of nitrogens with one attached hydrogen (secondary N) is 2. The molecular weight excluding hydrogens is 521 g/mol. The first-order valence-corrected chi connectivity index (χ1v) is 11.2. The summed E-state index contributed by atoms with van der Waals surface area (Å²) >= 11 is 3.34. The maximum atomic E-state index is 12.9. The summed E-state index contributed by atoms with van der Waals surface area (Å²) in [4.78, 5) is 36.5. The molecule has 0 bridgehead atoms. The van der Waals surface area contributed by atoms with Gasteiger partial charge in [-0.2, -0.15) is 5.10 Å². The Balaban J connectivity index is 1.58. The molecule has 2 N–H and O–H groups in total. The van der Waals surface area contributed by atoms with E-state index in [1.807, 2.05) is 6.92 Å². The van der Waals surface area contributed by atoms with Crippen molar-refractivity contribution in [2.24, 2.45) is 5.10 Å². The normalized spacial score (nSPS) is 10.6. The van der Waals surface area contributed by atoms with Crippen LogP contribution in [-0.4, -0.2) is 37.1 Å². The van der Waals surface area contributed by atoms with E-state index in [1.54, 1.807) is 42.5 Å². The van der Waals surface area contributed by atoms with Gasteiger partial charge < -0.3 is 14.8 Å². The zero-order valence-electron chi connectivity index (χ0n) is 18.6. The minimum absolute atomic E-state index is 0.218. The molecule has 0 saturated heterocycles. The summed E-state index contributed by atoms with van der Waals surface area (Å²) in [5, 5.41) is 6.27. The Morgan fingerprint density at radius 1 is 1.00 bits per heavy atom. The van der Waals surface area contributed by atoms with Gasteiger partial charge >= 0.3 is 5.97 Å². The van der Waals surface area contributed by atoms with Gasteiger partial charge in [-0.3, -0.25) is 9.59 Å². The average molecular weight is 542 g/mol. The summed E-state index contributed by atoms with van der Waals surface area (Å²) in [6, 6.07) is 16.4. The molecule has 0 aliphatic heterocycles. The van der Waals surface area contributed by atoms with Crippen LogP contribution in [0.25, 0.3) is 0 Å². The number of amides is 2. The van der Waals surface area contributed by atoms with Crippen molar-refractivity contribution in [1.29, 1.82) is 0 Å². The summed E-state index contributed by atoms with van der Waals surface area (Å²) in [6.07, 6.45) is 1.31. The van der Waals surface area contributed by atoms with Crippen LogP contribution < -0.4 is 20.2 Å². The molecule has 3 rings (SSSR count). The van der Waals surface area contributed by atoms with Crippen molar-refractivity contribution in [3.63, 3.8) is 0 Å². The van der Waals surface area contributed by atoms with E-state index in [0.717, 1.165) is 12.1 Å². The topological polar surface area (TPSA) is 106 Å². The number of carbonyl (C=O) groups excluding carboxylic acids is 3. The number of halogens is 2. The molecule has 2 amide bonds. The van der Waals surface area contributed by atoms with Crippen LogP contribution in [0.2, 0.25) is 0 Å². The molecule has 0 spiro atoms. The van der Waals surface area contributed by atoms with Gasteiger partial charge in [-0.25, -0.2) is 14.6 Å². The summed E-state index contributed by atoms with van der Waals surface area (Å²) in [5.74, 6) is -1.28. The lowest BCUT2D eigenvalue weighted by Crippen LogP contribution is -2.34. The van der Waals surface area contributed by atoms with Gasteiger partial charge in [0.15, 0.2) is 0 Å². The Bertz CT molecular complexity index is 1230. The first-order chi connectivity index (χ1) is 16.9. The van der Waals surface area contributed by atoms with Gasteiger partial charge in [-0.15, -0.1) is 0 Å². The Hall–Kier alpha value is -4.05. The third-order valence-electron chi connectivity index (χ3n) is 4.48. The quantitative estimate of drug-likeness (QED) is 0.184. The van der Waals surface area contributed by atoms with Crippen LogP contribution in [-0.2, 0) is 4.79 Å². The van der Waals surface area contributed by atoms with E-state index in [-0.39, 0.29) is 17.9 Å². The molecule has 35 heavy (non-hydrogen) atoms. The van der Waals surface area contributed by atoms with Gasteiger partial charge in [0.05, 0.1) is 24.9 Å². The second-order valence-corrected chi connectivity index (χ2v) is 7.93. The highest BCUT2D eigenvalue weighted by atomic mass is 79.9. The molecule has 8 nitrogen and oxygen atoms in total. The van der Waals surface area contributed by atoms with Crippen molar-refractivity contribution >= 4 is 39.9 Å². The number of benzene rings is 3. The molecule has 0 unspecified atom stereocenters. The third kappa shape index (κ3) is 7.75. The van der Waals surface area contributed by atoms with Crippen molar-refractivity contribution in [2.45, 2.75) is 6.92 Å². The minimum Gasteiger partial charge on any atom is -0.494 e. The number of rotatable bonds is 9. The second kappa shape index (κ2) is 12.4. The fourth-order valence-corrected chi connectivity index (χ4v) is 3.18.